The summed E-state index contributed by atoms with van der Waals surface area (Å²) in [6, 6.07) is 6.38. The first-order valence-electron chi connectivity index (χ1n) is 11.6. The van der Waals surface area contributed by atoms with Crippen LogP contribution in [0.1, 0.15) is 24.8 Å². The Kier molecular flexibility index (Phi) is 5.80. The third-order valence-corrected chi connectivity index (χ3v) is 6.65. The minimum Gasteiger partial charge on any atom is -0.377 e. The lowest BCUT2D eigenvalue weighted by atomic mass is 9.97. The van der Waals surface area contributed by atoms with E-state index in [0.29, 0.717) is 39.1 Å². The topological polar surface area (TPSA) is 92.2 Å². The van der Waals surface area contributed by atoms with E-state index in [-0.39, 0.29) is 6.04 Å². The molecule has 1 saturated heterocycles. The van der Waals surface area contributed by atoms with E-state index >= 15 is 0 Å². The van der Waals surface area contributed by atoms with Crippen LogP contribution in [0.3, 0.4) is 0 Å². The molecule has 3 aliphatic rings. The molecule has 0 saturated carbocycles. The number of amides is 2. The second-order valence-corrected chi connectivity index (χ2v) is 8.94. The zero-order valence-electron chi connectivity index (χ0n) is 19.1. The van der Waals surface area contributed by atoms with E-state index in [1.54, 1.807) is 4.90 Å². The molecule has 4 heterocycles. The lowest BCUT2D eigenvalue weighted by Crippen LogP contribution is -2.47. The van der Waals surface area contributed by atoms with Crippen molar-refractivity contribution in [2.45, 2.75) is 31.7 Å². The second-order valence-electron chi connectivity index (χ2n) is 8.94. The molecule has 174 valence electrons. The number of fused-ring (bicyclic) bond motifs is 1. The van der Waals surface area contributed by atoms with E-state index in [9.17, 15) is 4.79 Å². The largest absolute Gasteiger partial charge is 0.377 e. The lowest BCUT2D eigenvalue weighted by Gasteiger charge is -2.38. The van der Waals surface area contributed by atoms with Crippen LogP contribution in [0.15, 0.2) is 48.0 Å². The maximum absolute atomic E-state index is 12.0. The molecule has 3 aliphatic heterocycles. The summed E-state index contributed by atoms with van der Waals surface area (Å²) >= 11 is 0. The first kappa shape index (κ1) is 21.5. The molecule has 2 N–H and O–H groups in total. The van der Waals surface area contributed by atoms with Gasteiger partial charge in [-0.2, -0.15) is 10.2 Å². The van der Waals surface area contributed by atoms with Crippen LogP contribution in [-0.4, -0.2) is 70.4 Å². The molecule has 0 radical (unpaired) electrons. The van der Waals surface area contributed by atoms with Crippen molar-refractivity contribution in [3.8, 4) is 11.1 Å². The van der Waals surface area contributed by atoms with Crippen molar-refractivity contribution in [1.29, 1.82) is 0 Å². The van der Waals surface area contributed by atoms with Crippen LogP contribution in [0.25, 0.3) is 11.1 Å². The number of nitrogens with zero attached hydrogens (tertiary/aromatic N) is 6. The molecular formula is C24H31N7O2. The summed E-state index contributed by atoms with van der Waals surface area (Å²) in [7, 11) is 1.93. The van der Waals surface area contributed by atoms with Gasteiger partial charge in [-0.05, 0) is 36.1 Å². The molecule has 5 rings (SSSR count). The minimum absolute atomic E-state index is 0.185. The maximum Gasteiger partial charge on any atom is 0.314 e. The van der Waals surface area contributed by atoms with Gasteiger partial charge in [0.2, 0.25) is 0 Å². The molecule has 1 aromatic heterocycles. The van der Waals surface area contributed by atoms with Crippen LogP contribution in [0, 0.1) is 0 Å². The normalized spacial score (nSPS) is 21.4. The number of carbonyl (C=O) groups excluding carboxylic acids is 1. The molecular weight excluding hydrogens is 418 g/mol. The number of ether oxygens (including phenoxy) is 1. The number of hydrogen-bond acceptors (Lipinski definition) is 6. The molecule has 0 spiro atoms. The quantitative estimate of drug-likeness (QED) is 0.761. The highest BCUT2D eigenvalue weighted by Crippen LogP contribution is 2.33. The van der Waals surface area contributed by atoms with Crippen molar-refractivity contribution in [3.63, 3.8) is 0 Å². The highest BCUT2D eigenvalue weighted by atomic mass is 16.5. The number of nitrogens with two attached hydrogens (primary N) is 1. The first-order valence-corrected chi connectivity index (χ1v) is 11.6. The molecule has 9 heteroatoms. The summed E-state index contributed by atoms with van der Waals surface area (Å²) in [6.07, 6.45) is 7.26. The average Bonchev–Trinajstić information content (AvgIpc) is 3.23. The number of hydrogen-bond donors (Lipinski definition) is 1. The van der Waals surface area contributed by atoms with Crippen molar-refractivity contribution in [1.82, 2.24) is 19.7 Å². The Labute approximate surface area is 194 Å². The number of urea groups is 1. The van der Waals surface area contributed by atoms with Gasteiger partial charge in [-0.25, -0.2) is 4.79 Å². The van der Waals surface area contributed by atoms with Crippen molar-refractivity contribution in [3.05, 3.63) is 48.4 Å². The Morgan fingerprint density at radius 2 is 1.97 bits per heavy atom. The van der Waals surface area contributed by atoms with Crippen LogP contribution >= 0.6 is 0 Å². The van der Waals surface area contributed by atoms with Gasteiger partial charge in [0.15, 0.2) is 0 Å². The molecule has 1 fully saturated rings. The van der Waals surface area contributed by atoms with Crippen LogP contribution in [0.5, 0.6) is 0 Å². The van der Waals surface area contributed by atoms with E-state index in [0.717, 1.165) is 36.5 Å². The Morgan fingerprint density at radius 1 is 1.15 bits per heavy atom. The third-order valence-electron chi connectivity index (χ3n) is 6.65. The number of benzene rings is 1. The summed E-state index contributed by atoms with van der Waals surface area (Å²) in [6.45, 7) is 7.51. The number of carbonyl (C=O) groups is 1. The van der Waals surface area contributed by atoms with Crippen molar-refractivity contribution < 1.29 is 9.53 Å². The zero-order valence-corrected chi connectivity index (χ0v) is 19.1. The lowest BCUT2D eigenvalue weighted by molar-refractivity contribution is -0.0533. The molecule has 0 unspecified atom stereocenters. The van der Waals surface area contributed by atoms with Crippen LogP contribution in [-0.2, 0) is 18.2 Å². The standard InChI is InChI=1S/C24H31N7O2/c1-17-7-10-29(24(25)32)11-8-23(27-31(17)21-15-33-16-21)30-9-3-4-19-12-18(5-6-22(19)30)20-13-26-28(2)14-20/h5-6,12-14,21H,1,3-4,7-11,15-16H2,2H3,(H2,25,32)/b27-23+. The van der Waals surface area contributed by atoms with Gasteiger partial charge in [-0.1, -0.05) is 12.6 Å². The Morgan fingerprint density at radius 3 is 2.67 bits per heavy atom. The van der Waals surface area contributed by atoms with Gasteiger partial charge in [0, 0.05) is 62.7 Å². The maximum atomic E-state index is 12.0. The van der Waals surface area contributed by atoms with E-state index in [1.807, 2.05) is 29.1 Å². The van der Waals surface area contributed by atoms with Gasteiger partial charge in [-0.3, -0.25) is 9.69 Å². The van der Waals surface area contributed by atoms with Gasteiger partial charge in [0.25, 0.3) is 0 Å². The molecule has 2 aromatic rings. The Bertz CT molecular complexity index is 1090. The fourth-order valence-electron chi connectivity index (χ4n) is 4.70. The summed E-state index contributed by atoms with van der Waals surface area (Å²) in [4.78, 5) is 16.0. The number of rotatable bonds is 2. The Hall–Kier alpha value is -3.33. The molecule has 1 aromatic carbocycles. The molecule has 0 aliphatic carbocycles. The van der Waals surface area contributed by atoms with Gasteiger partial charge in [0.05, 0.1) is 25.5 Å². The fraction of sp³-hybridized carbons (Fsp3) is 0.458. The summed E-state index contributed by atoms with van der Waals surface area (Å²) < 4.78 is 7.26. The van der Waals surface area contributed by atoms with Gasteiger partial charge in [-0.15, -0.1) is 0 Å². The highest BCUT2D eigenvalue weighted by Gasteiger charge is 2.31. The predicted octanol–water partition coefficient (Wildman–Crippen LogP) is 2.54. The van der Waals surface area contributed by atoms with Gasteiger partial charge in [0.1, 0.15) is 5.84 Å². The number of amidine groups is 1. The van der Waals surface area contributed by atoms with E-state index < -0.39 is 6.03 Å². The van der Waals surface area contributed by atoms with Gasteiger partial charge >= 0.3 is 6.03 Å². The minimum atomic E-state index is -0.400. The molecule has 33 heavy (non-hydrogen) atoms. The van der Waals surface area contributed by atoms with E-state index in [1.165, 1.54) is 16.8 Å². The summed E-state index contributed by atoms with van der Waals surface area (Å²) in [5.41, 5.74) is 11.3. The van der Waals surface area contributed by atoms with E-state index in [2.05, 4.69) is 34.8 Å². The highest BCUT2D eigenvalue weighted by molar-refractivity contribution is 5.99. The summed E-state index contributed by atoms with van der Waals surface area (Å²) in [5, 5.41) is 11.4. The predicted molar refractivity (Wildman–Crippen MR) is 128 cm³/mol. The van der Waals surface area contributed by atoms with E-state index in [4.69, 9.17) is 15.6 Å². The Balaban J connectivity index is 1.49. The molecule has 0 bridgehead atoms. The monoisotopic (exact) mass is 449 g/mol. The number of aryl methyl sites for hydroxylation is 2. The second kappa shape index (κ2) is 8.90. The SMILES string of the molecule is C=C1CCN(C(N)=O)CC/C(N2CCCc3cc(-c4cnn(C)c4)ccc32)=N\N1C1COC1. The number of primary amides is 1. The average molecular weight is 450 g/mol. The number of anilines is 1. The van der Waals surface area contributed by atoms with Crippen molar-refractivity contribution >= 4 is 17.6 Å². The number of hydrazone groups is 1. The van der Waals surface area contributed by atoms with Crippen LogP contribution in [0.2, 0.25) is 0 Å². The molecule has 0 atom stereocenters. The van der Waals surface area contributed by atoms with Gasteiger partial charge < -0.3 is 20.3 Å². The van der Waals surface area contributed by atoms with Crippen molar-refractivity contribution in [2.75, 3.05) is 37.7 Å². The molecule has 9 nitrogen and oxygen atoms in total. The molecule has 2 amide bonds. The van der Waals surface area contributed by atoms with Crippen LogP contribution in [0.4, 0.5) is 10.5 Å². The van der Waals surface area contributed by atoms with Crippen LogP contribution < -0.4 is 10.6 Å². The first-order chi connectivity index (χ1) is 16.0. The number of aromatic nitrogens is 2. The van der Waals surface area contributed by atoms with Crippen molar-refractivity contribution in [2.24, 2.45) is 17.9 Å². The third kappa shape index (κ3) is 4.32. The fourth-order valence-corrected chi connectivity index (χ4v) is 4.70. The smallest absolute Gasteiger partial charge is 0.314 e. The summed E-state index contributed by atoms with van der Waals surface area (Å²) in [5.74, 6) is 0.936. The zero-order chi connectivity index (χ0) is 22.9.